The van der Waals surface area contributed by atoms with Gasteiger partial charge in [-0.25, -0.2) is 0 Å². The third kappa shape index (κ3) is 5.20. The van der Waals surface area contributed by atoms with E-state index in [0.29, 0.717) is 18.0 Å². The maximum absolute atomic E-state index is 12.3. The van der Waals surface area contributed by atoms with Crippen molar-refractivity contribution in [1.82, 2.24) is 0 Å². The molecule has 1 aliphatic rings. The van der Waals surface area contributed by atoms with Gasteiger partial charge < -0.3 is 19.5 Å². The number of anilines is 1. The molecule has 8 heteroatoms. The summed E-state index contributed by atoms with van der Waals surface area (Å²) in [5.41, 5.74) is 0.391. The first-order valence-corrected chi connectivity index (χ1v) is 9.08. The third-order valence-corrected chi connectivity index (χ3v) is 4.32. The Morgan fingerprint density at radius 2 is 2.04 bits per heavy atom. The van der Waals surface area contributed by atoms with Crippen LogP contribution in [-0.4, -0.2) is 36.3 Å². The summed E-state index contributed by atoms with van der Waals surface area (Å²) in [7, 11) is 0. The van der Waals surface area contributed by atoms with Gasteiger partial charge in [0.25, 0.3) is 5.91 Å². The van der Waals surface area contributed by atoms with Crippen molar-refractivity contribution >= 4 is 17.3 Å². The molecule has 2 atom stereocenters. The number of hydrogen-bond acceptors (Lipinski definition) is 6. The standard InChI is InChI=1S/C20H22N2O6/c1-14(28-19-7-3-2-6-18(19)22(24)25)20(23)21-15-8-10-16(11-9-15)27-13-17-5-4-12-26-17/h2-3,6-11,14,17H,4-5,12-13H2,1H3,(H,21,23)/t14-,17-/m1/s1. The van der Waals surface area contributed by atoms with Crippen LogP contribution in [0.4, 0.5) is 11.4 Å². The molecule has 0 radical (unpaired) electrons. The Morgan fingerprint density at radius 3 is 2.71 bits per heavy atom. The zero-order valence-corrected chi connectivity index (χ0v) is 15.5. The minimum atomic E-state index is -0.906. The smallest absolute Gasteiger partial charge is 0.310 e. The predicted octanol–water partition coefficient (Wildman–Crippen LogP) is 3.56. The van der Waals surface area contributed by atoms with Crippen molar-refractivity contribution in [3.05, 3.63) is 58.6 Å². The Bertz CT molecular complexity index is 818. The summed E-state index contributed by atoms with van der Waals surface area (Å²) >= 11 is 0. The number of nitrogens with one attached hydrogen (secondary N) is 1. The van der Waals surface area contributed by atoms with E-state index < -0.39 is 16.9 Å². The minimum absolute atomic E-state index is 0.0491. The van der Waals surface area contributed by atoms with Crippen LogP contribution >= 0.6 is 0 Å². The van der Waals surface area contributed by atoms with Crippen LogP contribution < -0.4 is 14.8 Å². The van der Waals surface area contributed by atoms with E-state index in [1.807, 2.05) is 0 Å². The van der Waals surface area contributed by atoms with Gasteiger partial charge in [-0.15, -0.1) is 0 Å². The molecule has 0 bridgehead atoms. The van der Waals surface area contributed by atoms with Crippen LogP contribution in [0.25, 0.3) is 0 Å². The molecule has 0 saturated carbocycles. The Balaban J connectivity index is 1.53. The first-order valence-electron chi connectivity index (χ1n) is 9.08. The molecule has 1 fully saturated rings. The van der Waals surface area contributed by atoms with Gasteiger partial charge in [0.2, 0.25) is 0 Å². The summed E-state index contributed by atoms with van der Waals surface area (Å²) in [6, 6.07) is 12.9. The molecule has 2 aromatic carbocycles. The number of carbonyl (C=O) groups is 1. The van der Waals surface area contributed by atoms with E-state index >= 15 is 0 Å². The molecule has 0 spiro atoms. The molecule has 8 nitrogen and oxygen atoms in total. The summed E-state index contributed by atoms with van der Waals surface area (Å²) in [5, 5.41) is 13.8. The lowest BCUT2D eigenvalue weighted by Gasteiger charge is -2.15. The molecule has 0 aliphatic carbocycles. The number of para-hydroxylation sites is 2. The van der Waals surface area contributed by atoms with Gasteiger partial charge in [0, 0.05) is 18.4 Å². The highest BCUT2D eigenvalue weighted by Gasteiger charge is 2.21. The van der Waals surface area contributed by atoms with E-state index in [0.717, 1.165) is 19.4 Å². The monoisotopic (exact) mass is 386 g/mol. The molecule has 148 valence electrons. The maximum Gasteiger partial charge on any atom is 0.310 e. The van der Waals surface area contributed by atoms with Gasteiger partial charge in [0.1, 0.15) is 12.4 Å². The number of hydrogen-bond donors (Lipinski definition) is 1. The Hall–Kier alpha value is -3.13. The van der Waals surface area contributed by atoms with Gasteiger partial charge in [0.15, 0.2) is 11.9 Å². The fourth-order valence-corrected chi connectivity index (χ4v) is 2.79. The molecule has 2 aromatic rings. The number of carbonyl (C=O) groups excluding carboxylic acids is 1. The van der Waals surface area contributed by atoms with E-state index in [2.05, 4.69) is 5.32 Å². The topological polar surface area (TPSA) is 99.9 Å². The van der Waals surface area contributed by atoms with Gasteiger partial charge in [-0.1, -0.05) is 12.1 Å². The molecule has 1 heterocycles. The van der Waals surface area contributed by atoms with Crippen LogP contribution in [-0.2, 0) is 9.53 Å². The number of nitro groups is 1. The van der Waals surface area contributed by atoms with Gasteiger partial charge >= 0.3 is 5.69 Å². The number of nitro benzene ring substituents is 1. The van der Waals surface area contributed by atoms with E-state index in [-0.39, 0.29) is 17.5 Å². The van der Waals surface area contributed by atoms with Crippen LogP contribution in [0.3, 0.4) is 0 Å². The average molecular weight is 386 g/mol. The molecule has 3 rings (SSSR count). The molecular weight excluding hydrogens is 364 g/mol. The van der Waals surface area contributed by atoms with Crippen molar-refractivity contribution in [1.29, 1.82) is 0 Å². The number of amides is 1. The quantitative estimate of drug-likeness (QED) is 0.550. The number of benzene rings is 2. The highest BCUT2D eigenvalue weighted by molar-refractivity contribution is 5.94. The van der Waals surface area contributed by atoms with Crippen molar-refractivity contribution in [2.75, 3.05) is 18.5 Å². The number of nitrogens with zero attached hydrogens (tertiary/aromatic N) is 1. The Kier molecular flexibility index (Phi) is 6.44. The lowest BCUT2D eigenvalue weighted by molar-refractivity contribution is -0.386. The van der Waals surface area contributed by atoms with Crippen LogP contribution in [0.1, 0.15) is 19.8 Å². The van der Waals surface area contributed by atoms with Gasteiger partial charge in [-0.2, -0.15) is 0 Å². The van der Waals surface area contributed by atoms with Gasteiger partial charge in [-0.05, 0) is 50.1 Å². The van der Waals surface area contributed by atoms with Crippen LogP contribution in [0.5, 0.6) is 11.5 Å². The lowest BCUT2D eigenvalue weighted by Crippen LogP contribution is -2.30. The minimum Gasteiger partial charge on any atom is -0.491 e. The SMILES string of the molecule is C[C@@H](Oc1ccccc1[N+](=O)[O-])C(=O)Nc1ccc(OC[C@H]2CCCO2)cc1. The summed E-state index contributed by atoms with van der Waals surface area (Å²) in [5.74, 6) is 0.330. The zero-order valence-electron chi connectivity index (χ0n) is 15.5. The van der Waals surface area contributed by atoms with Crippen LogP contribution in [0.2, 0.25) is 0 Å². The Morgan fingerprint density at radius 1 is 1.29 bits per heavy atom. The largest absolute Gasteiger partial charge is 0.491 e. The molecule has 1 aliphatic heterocycles. The van der Waals surface area contributed by atoms with E-state index in [1.54, 1.807) is 30.3 Å². The fourth-order valence-electron chi connectivity index (χ4n) is 2.79. The summed E-state index contributed by atoms with van der Waals surface area (Å²) < 4.78 is 16.7. The molecule has 1 amide bonds. The van der Waals surface area contributed by atoms with Gasteiger partial charge in [0.05, 0.1) is 11.0 Å². The van der Waals surface area contributed by atoms with Crippen molar-refractivity contribution < 1.29 is 23.9 Å². The highest BCUT2D eigenvalue weighted by Crippen LogP contribution is 2.27. The summed E-state index contributed by atoms with van der Waals surface area (Å²) in [6.07, 6.45) is 1.30. The second-order valence-corrected chi connectivity index (χ2v) is 6.44. The van der Waals surface area contributed by atoms with Crippen molar-refractivity contribution in [2.24, 2.45) is 0 Å². The number of rotatable bonds is 8. The molecule has 28 heavy (non-hydrogen) atoms. The third-order valence-electron chi connectivity index (χ3n) is 4.32. The highest BCUT2D eigenvalue weighted by atomic mass is 16.6. The van der Waals surface area contributed by atoms with E-state index in [4.69, 9.17) is 14.2 Å². The van der Waals surface area contributed by atoms with Crippen molar-refractivity contribution in [3.8, 4) is 11.5 Å². The summed E-state index contributed by atoms with van der Waals surface area (Å²) in [6.45, 7) is 2.82. The molecular formula is C20H22N2O6. The zero-order chi connectivity index (χ0) is 19.9. The normalized spacial score (nSPS) is 17.0. The predicted molar refractivity (Wildman–Crippen MR) is 103 cm³/mol. The molecule has 1 N–H and O–H groups in total. The Labute approximate surface area is 162 Å². The first kappa shape index (κ1) is 19.6. The second-order valence-electron chi connectivity index (χ2n) is 6.44. The lowest BCUT2D eigenvalue weighted by atomic mass is 10.2. The number of ether oxygens (including phenoxy) is 3. The maximum atomic E-state index is 12.3. The van der Waals surface area contributed by atoms with E-state index in [9.17, 15) is 14.9 Å². The van der Waals surface area contributed by atoms with Gasteiger partial charge in [-0.3, -0.25) is 14.9 Å². The van der Waals surface area contributed by atoms with E-state index in [1.165, 1.54) is 25.1 Å². The van der Waals surface area contributed by atoms with Crippen molar-refractivity contribution in [3.63, 3.8) is 0 Å². The molecule has 0 aromatic heterocycles. The molecule has 1 saturated heterocycles. The fraction of sp³-hybridized carbons (Fsp3) is 0.350. The average Bonchev–Trinajstić information content (AvgIpc) is 3.21. The summed E-state index contributed by atoms with van der Waals surface area (Å²) in [4.78, 5) is 22.8. The van der Waals surface area contributed by atoms with Crippen molar-refractivity contribution in [2.45, 2.75) is 32.0 Å². The second kappa shape index (κ2) is 9.18. The first-order chi connectivity index (χ1) is 13.5. The van der Waals surface area contributed by atoms with Crippen LogP contribution in [0.15, 0.2) is 48.5 Å². The molecule has 0 unspecified atom stereocenters. The van der Waals surface area contributed by atoms with Crippen LogP contribution in [0, 0.1) is 10.1 Å².